The summed E-state index contributed by atoms with van der Waals surface area (Å²) in [5, 5.41) is 0.421. The van der Waals surface area contributed by atoms with Gasteiger partial charge in [-0.1, -0.05) is 18.5 Å². The van der Waals surface area contributed by atoms with E-state index in [4.69, 9.17) is 11.6 Å². The molecule has 106 valence electrons. The van der Waals surface area contributed by atoms with Crippen LogP contribution in [0, 0.1) is 0 Å². The first-order valence-electron chi connectivity index (χ1n) is 6.46. The molecule has 0 spiro atoms. The Morgan fingerprint density at radius 3 is 2.53 bits per heavy atom. The van der Waals surface area contributed by atoms with Crippen LogP contribution >= 0.6 is 11.6 Å². The van der Waals surface area contributed by atoms with Crippen LogP contribution in [-0.4, -0.2) is 48.0 Å². The molecular weight excluding hydrogens is 264 g/mol. The Bertz CT molecular complexity index is 437. The zero-order chi connectivity index (χ0) is 14.4. The van der Waals surface area contributed by atoms with E-state index in [-0.39, 0.29) is 5.91 Å². The van der Waals surface area contributed by atoms with Crippen molar-refractivity contribution in [3.05, 3.63) is 17.0 Å². The summed E-state index contributed by atoms with van der Waals surface area (Å²) >= 11 is 6.01. The van der Waals surface area contributed by atoms with Gasteiger partial charge in [-0.05, 0) is 13.3 Å². The second-order valence-electron chi connectivity index (χ2n) is 4.52. The number of halogens is 1. The van der Waals surface area contributed by atoms with Gasteiger partial charge in [0.05, 0.1) is 6.54 Å². The summed E-state index contributed by atoms with van der Waals surface area (Å²) in [6.45, 7) is 5.04. The second-order valence-corrected chi connectivity index (χ2v) is 4.90. The van der Waals surface area contributed by atoms with Crippen molar-refractivity contribution in [2.24, 2.45) is 0 Å². The van der Waals surface area contributed by atoms with Crippen LogP contribution in [0.2, 0.25) is 5.15 Å². The molecule has 19 heavy (non-hydrogen) atoms. The Hall–Kier alpha value is -1.36. The average Bonchev–Trinajstić information content (AvgIpc) is 2.35. The molecule has 0 aliphatic carbocycles. The summed E-state index contributed by atoms with van der Waals surface area (Å²) in [7, 11) is 3.48. The highest BCUT2D eigenvalue weighted by molar-refractivity contribution is 6.29. The zero-order valence-electron chi connectivity index (χ0n) is 12.0. The van der Waals surface area contributed by atoms with Gasteiger partial charge in [0.15, 0.2) is 0 Å². The number of hydrogen-bond acceptors (Lipinski definition) is 4. The number of rotatable bonds is 6. The van der Waals surface area contributed by atoms with Crippen LogP contribution in [0.25, 0.3) is 0 Å². The van der Waals surface area contributed by atoms with Gasteiger partial charge >= 0.3 is 0 Å². The fraction of sp³-hybridized carbons (Fsp3) is 0.615. The van der Waals surface area contributed by atoms with Gasteiger partial charge in [0.25, 0.3) is 0 Å². The molecule has 1 aromatic heterocycles. The number of nitrogens with zero attached hydrogens (tertiary/aromatic N) is 4. The number of aryl methyl sites for hydroxylation is 1. The van der Waals surface area contributed by atoms with Gasteiger partial charge in [0.2, 0.25) is 5.91 Å². The molecule has 0 aliphatic heterocycles. The number of hydrogen-bond donors (Lipinski definition) is 0. The molecular formula is C13H21ClN4O. The van der Waals surface area contributed by atoms with Crippen LogP contribution in [0.15, 0.2) is 6.07 Å². The van der Waals surface area contributed by atoms with Crippen LogP contribution in [-0.2, 0) is 11.2 Å². The topological polar surface area (TPSA) is 49.3 Å². The van der Waals surface area contributed by atoms with Crippen molar-refractivity contribution in [3.8, 4) is 0 Å². The van der Waals surface area contributed by atoms with Gasteiger partial charge in [-0.25, -0.2) is 9.97 Å². The molecule has 5 nitrogen and oxygen atoms in total. The second kappa shape index (κ2) is 7.28. The molecule has 1 aromatic rings. The van der Waals surface area contributed by atoms with Gasteiger partial charge in [0, 0.05) is 33.1 Å². The van der Waals surface area contributed by atoms with Gasteiger partial charge in [-0.3, -0.25) is 4.79 Å². The highest BCUT2D eigenvalue weighted by atomic mass is 35.5. The van der Waals surface area contributed by atoms with Crippen molar-refractivity contribution in [1.82, 2.24) is 14.9 Å². The predicted octanol–water partition coefficient (Wildman–Crippen LogP) is 2.00. The van der Waals surface area contributed by atoms with Crippen LogP contribution < -0.4 is 4.90 Å². The molecule has 0 radical (unpaired) electrons. The molecule has 1 rings (SSSR count). The maximum atomic E-state index is 11.8. The third-order valence-corrected chi connectivity index (χ3v) is 2.93. The zero-order valence-corrected chi connectivity index (χ0v) is 12.7. The Morgan fingerprint density at radius 2 is 2.00 bits per heavy atom. The molecule has 0 saturated carbocycles. The van der Waals surface area contributed by atoms with E-state index in [9.17, 15) is 4.79 Å². The maximum Gasteiger partial charge on any atom is 0.241 e. The lowest BCUT2D eigenvalue weighted by atomic mass is 10.3. The molecule has 0 saturated heterocycles. The summed E-state index contributed by atoms with van der Waals surface area (Å²) in [4.78, 5) is 23.9. The lowest BCUT2D eigenvalue weighted by molar-refractivity contribution is -0.127. The van der Waals surface area contributed by atoms with Gasteiger partial charge in [-0.2, -0.15) is 0 Å². The minimum absolute atomic E-state index is 0.0358. The Labute approximate surface area is 119 Å². The summed E-state index contributed by atoms with van der Waals surface area (Å²) < 4.78 is 0. The number of carbonyl (C=O) groups is 1. The smallest absolute Gasteiger partial charge is 0.241 e. The van der Waals surface area contributed by atoms with Gasteiger partial charge < -0.3 is 9.80 Å². The minimum Gasteiger partial charge on any atom is -0.347 e. The van der Waals surface area contributed by atoms with E-state index in [1.807, 2.05) is 11.8 Å². The van der Waals surface area contributed by atoms with Crippen LogP contribution in [0.4, 0.5) is 5.82 Å². The van der Waals surface area contributed by atoms with Crippen molar-refractivity contribution < 1.29 is 4.79 Å². The number of carbonyl (C=O) groups excluding carboxylic acids is 1. The Morgan fingerprint density at radius 1 is 1.32 bits per heavy atom. The van der Waals surface area contributed by atoms with Crippen LogP contribution in [0.5, 0.6) is 0 Å². The van der Waals surface area contributed by atoms with Crippen molar-refractivity contribution in [2.75, 3.05) is 32.1 Å². The molecule has 1 amide bonds. The lowest BCUT2D eigenvalue weighted by Gasteiger charge is -2.23. The molecule has 6 heteroatoms. The standard InChI is InChI=1S/C13H21ClN4O/c1-5-7-11-15-10(14)8-12(16-11)18(6-2)9-13(19)17(3)4/h8H,5-7,9H2,1-4H3. The molecule has 0 aliphatic rings. The fourth-order valence-corrected chi connectivity index (χ4v) is 1.80. The van der Waals surface area contributed by atoms with Crippen LogP contribution in [0.3, 0.4) is 0 Å². The van der Waals surface area contributed by atoms with Crippen molar-refractivity contribution in [1.29, 1.82) is 0 Å². The van der Waals surface area contributed by atoms with E-state index in [1.54, 1.807) is 25.1 Å². The van der Waals surface area contributed by atoms with E-state index in [1.165, 1.54) is 0 Å². The Balaban J connectivity index is 2.94. The van der Waals surface area contributed by atoms with E-state index < -0.39 is 0 Å². The number of amides is 1. The van der Waals surface area contributed by atoms with E-state index in [2.05, 4.69) is 16.9 Å². The molecule has 0 N–H and O–H groups in total. The van der Waals surface area contributed by atoms with Crippen molar-refractivity contribution in [2.45, 2.75) is 26.7 Å². The number of anilines is 1. The highest BCUT2D eigenvalue weighted by Crippen LogP contribution is 2.16. The molecule has 0 atom stereocenters. The first-order valence-corrected chi connectivity index (χ1v) is 6.84. The Kier molecular flexibility index (Phi) is 6.02. The average molecular weight is 285 g/mol. The summed E-state index contributed by atoms with van der Waals surface area (Å²) in [6.07, 6.45) is 1.75. The quantitative estimate of drug-likeness (QED) is 0.750. The molecule has 0 aromatic carbocycles. The molecule has 0 fully saturated rings. The molecule has 1 heterocycles. The lowest BCUT2D eigenvalue weighted by Crippen LogP contribution is -2.37. The van der Waals surface area contributed by atoms with Crippen LogP contribution in [0.1, 0.15) is 26.1 Å². The largest absolute Gasteiger partial charge is 0.347 e. The van der Waals surface area contributed by atoms with Crippen molar-refractivity contribution in [3.63, 3.8) is 0 Å². The minimum atomic E-state index is 0.0358. The molecule has 0 unspecified atom stereocenters. The van der Waals surface area contributed by atoms with E-state index in [0.717, 1.165) is 18.7 Å². The summed E-state index contributed by atoms with van der Waals surface area (Å²) in [5.41, 5.74) is 0. The summed E-state index contributed by atoms with van der Waals surface area (Å²) in [6, 6.07) is 1.70. The normalized spacial score (nSPS) is 10.4. The SMILES string of the molecule is CCCc1nc(Cl)cc(N(CC)CC(=O)N(C)C)n1. The maximum absolute atomic E-state index is 11.8. The predicted molar refractivity (Wildman–Crippen MR) is 77.6 cm³/mol. The first-order chi connectivity index (χ1) is 8.97. The third-order valence-electron chi connectivity index (χ3n) is 2.73. The molecule has 0 bridgehead atoms. The van der Waals surface area contributed by atoms with E-state index >= 15 is 0 Å². The third kappa shape index (κ3) is 4.67. The number of likely N-dealkylation sites (N-methyl/N-ethyl adjacent to an activating group) is 2. The highest BCUT2D eigenvalue weighted by Gasteiger charge is 2.14. The van der Waals surface area contributed by atoms with Gasteiger partial charge in [0.1, 0.15) is 16.8 Å². The van der Waals surface area contributed by atoms with Gasteiger partial charge in [-0.15, -0.1) is 0 Å². The van der Waals surface area contributed by atoms with Crippen molar-refractivity contribution >= 4 is 23.3 Å². The fourth-order valence-electron chi connectivity index (χ4n) is 1.61. The summed E-state index contributed by atoms with van der Waals surface area (Å²) in [5.74, 6) is 1.47. The van der Waals surface area contributed by atoms with E-state index in [0.29, 0.717) is 24.1 Å². The number of aromatic nitrogens is 2. The first kappa shape index (κ1) is 15.7. The monoisotopic (exact) mass is 284 g/mol.